The van der Waals surface area contributed by atoms with Crippen LogP contribution in [0.1, 0.15) is 5.56 Å². The van der Waals surface area contributed by atoms with Crippen molar-refractivity contribution in [1.29, 1.82) is 0 Å². The Morgan fingerprint density at radius 2 is 1.76 bits per heavy atom. The smallest absolute Gasteiger partial charge is 0.243 e. The molecule has 0 spiro atoms. The van der Waals surface area contributed by atoms with Gasteiger partial charge in [-0.15, -0.1) is 0 Å². The van der Waals surface area contributed by atoms with Crippen LogP contribution in [0.25, 0.3) is 6.08 Å². The standard InChI is InChI=1S/C19H21ClN2O2S/c20-18-9-4-10-19(16-18)25(23,24)22-14-12-21(13-15-22)11-5-8-17-6-2-1-3-7-17/h1-10,16H,11-15H2/p+1/b8-5+. The molecule has 2 aromatic rings. The van der Waals surface area contributed by atoms with Crippen LogP contribution in [0.3, 0.4) is 0 Å². The largest absolute Gasteiger partial charge is 0.329 e. The van der Waals surface area contributed by atoms with Gasteiger partial charge in [-0.2, -0.15) is 4.31 Å². The Hall–Kier alpha value is -1.66. The molecular weight excluding hydrogens is 356 g/mol. The highest BCUT2D eigenvalue weighted by molar-refractivity contribution is 7.89. The zero-order valence-electron chi connectivity index (χ0n) is 13.9. The number of hydrogen-bond donors (Lipinski definition) is 1. The molecule has 1 aliphatic heterocycles. The molecule has 2 aromatic carbocycles. The van der Waals surface area contributed by atoms with E-state index in [-0.39, 0.29) is 4.90 Å². The van der Waals surface area contributed by atoms with Crippen LogP contribution < -0.4 is 4.90 Å². The number of sulfonamides is 1. The molecule has 6 heteroatoms. The predicted molar refractivity (Wildman–Crippen MR) is 101 cm³/mol. The molecule has 1 saturated heterocycles. The van der Waals surface area contributed by atoms with Crippen molar-refractivity contribution < 1.29 is 13.3 Å². The number of piperazine rings is 1. The average molecular weight is 378 g/mol. The summed E-state index contributed by atoms with van der Waals surface area (Å²) in [7, 11) is -3.45. The monoisotopic (exact) mass is 377 g/mol. The molecule has 1 N–H and O–H groups in total. The van der Waals surface area contributed by atoms with Crippen LogP contribution >= 0.6 is 11.6 Å². The second-order valence-corrected chi connectivity index (χ2v) is 8.50. The van der Waals surface area contributed by atoms with E-state index >= 15 is 0 Å². The summed E-state index contributed by atoms with van der Waals surface area (Å²) in [5.74, 6) is 0. The Morgan fingerprint density at radius 3 is 2.44 bits per heavy atom. The first-order valence-electron chi connectivity index (χ1n) is 8.36. The van der Waals surface area contributed by atoms with Gasteiger partial charge in [-0.25, -0.2) is 8.42 Å². The van der Waals surface area contributed by atoms with E-state index in [0.29, 0.717) is 18.1 Å². The number of rotatable bonds is 5. The maximum Gasteiger partial charge on any atom is 0.243 e. The molecule has 0 saturated carbocycles. The summed E-state index contributed by atoms with van der Waals surface area (Å²) in [6, 6.07) is 16.7. The first-order chi connectivity index (χ1) is 12.1. The third kappa shape index (κ3) is 4.70. The maximum absolute atomic E-state index is 12.7. The molecule has 0 atom stereocenters. The van der Waals surface area contributed by atoms with Crippen molar-refractivity contribution in [3.8, 4) is 0 Å². The second kappa shape index (κ2) is 8.15. The maximum atomic E-state index is 12.7. The summed E-state index contributed by atoms with van der Waals surface area (Å²) in [5, 5.41) is 0.441. The van der Waals surface area contributed by atoms with E-state index in [4.69, 9.17) is 11.6 Å². The summed E-state index contributed by atoms with van der Waals surface area (Å²) in [6.45, 7) is 3.57. The normalized spacial score (nSPS) is 17.2. The zero-order chi connectivity index (χ0) is 17.7. The van der Waals surface area contributed by atoms with Crippen LogP contribution in [0.15, 0.2) is 65.6 Å². The Labute approximate surface area is 154 Å². The highest BCUT2D eigenvalue weighted by Gasteiger charge is 2.29. The van der Waals surface area contributed by atoms with E-state index in [9.17, 15) is 8.42 Å². The van der Waals surface area contributed by atoms with E-state index in [0.717, 1.165) is 19.6 Å². The minimum Gasteiger partial charge on any atom is -0.329 e. The average Bonchev–Trinajstić information content (AvgIpc) is 2.63. The number of nitrogens with zero attached hydrogens (tertiary/aromatic N) is 1. The van der Waals surface area contributed by atoms with Crippen LogP contribution in [-0.2, 0) is 10.0 Å². The summed E-state index contributed by atoms with van der Waals surface area (Å²) >= 11 is 5.93. The summed E-state index contributed by atoms with van der Waals surface area (Å²) in [6.07, 6.45) is 4.27. The van der Waals surface area contributed by atoms with E-state index in [1.54, 1.807) is 22.5 Å². The van der Waals surface area contributed by atoms with Crippen LogP contribution in [0.2, 0.25) is 5.02 Å². The fraction of sp³-hybridized carbons (Fsp3) is 0.263. The molecule has 0 aromatic heterocycles. The summed E-state index contributed by atoms with van der Waals surface area (Å²) in [5.41, 5.74) is 1.18. The van der Waals surface area contributed by atoms with Crippen molar-refractivity contribution in [2.24, 2.45) is 0 Å². The van der Waals surface area contributed by atoms with Gasteiger partial charge in [0, 0.05) is 5.02 Å². The van der Waals surface area contributed by atoms with Gasteiger partial charge >= 0.3 is 0 Å². The van der Waals surface area contributed by atoms with E-state index in [1.165, 1.54) is 16.5 Å². The Bertz CT molecular complexity index is 830. The quantitative estimate of drug-likeness (QED) is 0.865. The molecule has 3 rings (SSSR count). The summed E-state index contributed by atoms with van der Waals surface area (Å²) in [4.78, 5) is 1.66. The molecule has 1 heterocycles. The van der Waals surface area contributed by atoms with Crippen molar-refractivity contribution >= 4 is 27.7 Å². The number of hydrogen-bond acceptors (Lipinski definition) is 2. The molecule has 132 valence electrons. The Balaban J connectivity index is 1.56. The van der Waals surface area contributed by atoms with Gasteiger partial charge < -0.3 is 4.90 Å². The third-order valence-corrected chi connectivity index (χ3v) is 6.51. The van der Waals surface area contributed by atoms with Gasteiger partial charge in [-0.3, -0.25) is 0 Å². The van der Waals surface area contributed by atoms with Crippen LogP contribution in [0.5, 0.6) is 0 Å². The molecule has 0 bridgehead atoms. The van der Waals surface area contributed by atoms with Crippen molar-refractivity contribution in [1.82, 2.24) is 4.31 Å². The molecule has 1 aliphatic rings. The van der Waals surface area contributed by atoms with Crippen molar-refractivity contribution in [3.05, 3.63) is 71.3 Å². The predicted octanol–water partition coefficient (Wildman–Crippen LogP) is 1.94. The van der Waals surface area contributed by atoms with E-state index in [1.807, 2.05) is 18.2 Å². The van der Waals surface area contributed by atoms with Crippen LogP contribution in [0.4, 0.5) is 0 Å². The molecule has 25 heavy (non-hydrogen) atoms. The first-order valence-corrected chi connectivity index (χ1v) is 10.2. The SMILES string of the molecule is O=S(=O)(c1cccc(Cl)c1)N1CC[NH+](C/C=C/c2ccccc2)CC1. The molecule has 0 amide bonds. The van der Waals surface area contributed by atoms with Crippen LogP contribution in [0, 0.1) is 0 Å². The lowest BCUT2D eigenvalue weighted by Gasteiger charge is -2.31. The fourth-order valence-electron chi connectivity index (χ4n) is 2.95. The van der Waals surface area contributed by atoms with Crippen molar-refractivity contribution in [2.75, 3.05) is 32.7 Å². The zero-order valence-corrected chi connectivity index (χ0v) is 15.5. The number of halogens is 1. The molecule has 0 radical (unpaired) electrons. The van der Waals surface area contributed by atoms with Gasteiger partial charge in [-0.05, 0) is 29.8 Å². The van der Waals surface area contributed by atoms with Gasteiger partial charge in [0.2, 0.25) is 10.0 Å². The molecule has 1 fully saturated rings. The highest BCUT2D eigenvalue weighted by atomic mass is 35.5. The van der Waals surface area contributed by atoms with Crippen LogP contribution in [-0.4, -0.2) is 45.4 Å². The minimum absolute atomic E-state index is 0.271. The van der Waals surface area contributed by atoms with Gasteiger partial charge in [0.25, 0.3) is 0 Å². The number of nitrogens with one attached hydrogen (secondary N) is 1. The van der Waals surface area contributed by atoms with Gasteiger partial charge in [0.15, 0.2) is 0 Å². The van der Waals surface area contributed by atoms with E-state index in [2.05, 4.69) is 24.3 Å². The number of quaternary nitrogens is 1. The molecule has 0 unspecified atom stereocenters. The Morgan fingerprint density at radius 1 is 1.04 bits per heavy atom. The fourth-order valence-corrected chi connectivity index (χ4v) is 4.69. The van der Waals surface area contributed by atoms with Gasteiger partial charge in [0.05, 0.1) is 37.6 Å². The Kier molecular flexibility index (Phi) is 5.91. The molecular formula is C19H22ClN2O2S+. The lowest BCUT2D eigenvalue weighted by Crippen LogP contribution is -3.14. The lowest BCUT2D eigenvalue weighted by atomic mass is 10.2. The van der Waals surface area contributed by atoms with Gasteiger partial charge in [-0.1, -0.05) is 54.1 Å². The highest BCUT2D eigenvalue weighted by Crippen LogP contribution is 2.19. The molecule has 0 aliphatic carbocycles. The second-order valence-electron chi connectivity index (χ2n) is 6.13. The molecule has 4 nitrogen and oxygen atoms in total. The third-order valence-electron chi connectivity index (χ3n) is 4.38. The number of benzene rings is 2. The minimum atomic E-state index is -3.45. The summed E-state index contributed by atoms with van der Waals surface area (Å²) < 4.78 is 26.9. The van der Waals surface area contributed by atoms with E-state index < -0.39 is 10.0 Å². The lowest BCUT2D eigenvalue weighted by molar-refractivity contribution is -0.897. The van der Waals surface area contributed by atoms with Gasteiger partial charge in [0.1, 0.15) is 0 Å². The first kappa shape index (κ1) is 18.1. The van der Waals surface area contributed by atoms with Crippen molar-refractivity contribution in [2.45, 2.75) is 4.90 Å². The van der Waals surface area contributed by atoms with Crippen molar-refractivity contribution in [3.63, 3.8) is 0 Å². The topological polar surface area (TPSA) is 41.8 Å².